The van der Waals surface area contributed by atoms with Crippen molar-refractivity contribution >= 4 is 10.9 Å². The molecule has 0 saturated carbocycles. The molecule has 1 aliphatic carbocycles. The Balaban J connectivity index is 1.31. The maximum absolute atomic E-state index is 13.6. The third-order valence-corrected chi connectivity index (χ3v) is 7.38. The Bertz CT molecular complexity index is 1480. The van der Waals surface area contributed by atoms with E-state index in [0.29, 0.717) is 34.3 Å². The van der Waals surface area contributed by atoms with Crippen molar-refractivity contribution in [1.82, 2.24) is 10.3 Å². The van der Waals surface area contributed by atoms with Crippen LogP contribution in [0, 0.1) is 11.6 Å². The number of aliphatic hydroxyl groups is 1. The van der Waals surface area contributed by atoms with Crippen molar-refractivity contribution in [1.29, 1.82) is 0 Å². The molecule has 0 unspecified atom stereocenters. The number of H-pyrrole nitrogens is 1. The molecular formula is C31H32F2N2O3. The fraction of sp³-hybridized carbons (Fsp3) is 0.323. The number of aliphatic hydroxyl groups excluding tert-OH is 1. The molecule has 0 radical (unpaired) electrons. The Hall–Kier alpha value is -3.55. The van der Waals surface area contributed by atoms with Crippen LogP contribution in [0.2, 0.25) is 0 Å². The van der Waals surface area contributed by atoms with E-state index in [2.05, 4.69) is 36.3 Å². The molecule has 198 valence electrons. The molecule has 0 saturated heterocycles. The number of halogens is 2. The third-order valence-electron chi connectivity index (χ3n) is 7.38. The smallest absolute Gasteiger partial charge is 0.248 e. The zero-order chi connectivity index (χ0) is 26.8. The van der Waals surface area contributed by atoms with Gasteiger partial charge in [-0.15, -0.1) is 0 Å². The molecule has 7 heteroatoms. The van der Waals surface area contributed by atoms with Crippen LogP contribution in [0.1, 0.15) is 53.3 Å². The third kappa shape index (κ3) is 5.49. The van der Waals surface area contributed by atoms with E-state index < -0.39 is 17.7 Å². The molecule has 4 aromatic rings. The summed E-state index contributed by atoms with van der Waals surface area (Å²) in [5.74, 6) is -1.01. The highest BCUT2D eigenvalue weighted by atomic mass is 19.1. The topological polar surface area (TPSA) is 74.3 Å². The highest BCUT2D eigenvalue weighted by Gasteiger charge is 2.24. The molecule has 5 nitrogen and oxygen atoms in total. The molecule has 38 heavy (non-hydrogen) atoms. The van der Waals surface area contributed by atoms with Crippen LogP contribution in [0.15, 0.2) is 59.4 Å². The van der Waals surface area contributed by atoms with Crippen LogP contribution >= 0.6 is 0 Å². The van der Waals surface area contributed by atoms with Crippen LogP contribution in [0.3, 0.4) is 0 Å². The number of pyridine rings is 1. The molecule has 1 aliphatic rings. The average Bonchev–Trinajstić information content (AvgIpc) is 3.30. The zero-order valence-electron chi connectivity index (χ0n) is 21.6. The SMILES string of the molecule is CCc1cc2c(cc1CC)CC(NC[C@@H](O)c1ccc(OCc3cc(F)cc(F)c3)c3[nH]c(=O)ccc13)C2. The summed E-state index contributed by atoms with van der Waals surface area (Å²) in [6.45, 7) is 4.66. The summed E-state index contributed by atoms with van der Waals surface area (Å²) in [6, 6.07) is 14.6. The van der Waals surface area contributed by atoms with Crippen molar-refractivity contribution in [2.24, 2.45) is 0 Å². The van der Waals surface area contributed by atoms with E-state index in [1.807, 2.05) is 0 Å². The van der Waals surface area contributed by atoms with Gasteiger partial charge < -0.3 is 20.1 Å². The van der Waals surface area contributed by atoms with Crippen LogP contribution in [0.25, 0.3) is 10.9 Å². The lowest BCUT2D eigenvalue weighted by Gasteiger charge is -2.19. The lowest BCUT2D eigenvalue weighted by atomic mass is 9.97. The maximum Gasteiger partial charge on any atom is 0.248 e. The van der Waals surface area contributed by atoms with Gasteiger partial charge in [0.15, 0.2) is 0 Å². The number of benzene rings is 3. The van der Waals surface area contributed by atoms with Crippen LogP contribution in [-0.4, -0.2) is 22.7 Å². The Labute approximate surface area is 220 Å². The highest BCUT2D eigenvalue weighted by molar-refractivity contribution is 5.87. The summed E-state index contributed by atoms with van der Waals surface area (Å²) in [7, 11) is 0. The first-order chi connectivity index (χ1) is 18.3. The van der Waals surface area contributed by atoms with Gasteiger partial charge in [0.05, 0.1) is 11.6 Å². The zero-order valence-corrected chi connectivity index (χ0v) is 21.6. The molecule has 0 aliphatic heterocycles. The molecule has 0 bridgehead atoms. The van der Waals surface area contributed by atoms with Gasteiger partial charge in [-0.3, -0.25) is 4.79 Å². The Morgan fingerprint density at radius 1 is 0.974 bits per heavy atom. The van der Waals surface area contributed by atoms with Crippen molar-refractivity contribution in [2.45, 2.75) is 58.3 Å². The number of hydrogen-bond acceptors (Lipinski definition) is 4. The van der Waals surface area contributed by atoms with E-state index in [0.717, 1.165) is 31.7 Å². The Kier molecular flexibility index (Phi) is 7.58. The minimum atomic E-state index is -0.809. The maximum atomic E-state index is 13.6. The minimum absolute atomic E-state index is 0.0775. The van der Waals surface area contributed by atoms with Gasteiger partial charge in [0.25, 0.3) is 0 Å². The number of nitrogens with one attached hydrogen (secondary N) is 2. The van der Waals surface area contributed by atoms with E-state index >= 15 is 0 Å². The van der Waals surface area contributed by atoms with Crippen molar-refractivity contribution in [3.8, 4) is 5.75 Å². The normalized spacial score (nSPS) is 14.1. The fourth-order valence-corrected chi connectivity index (χ4v) is 5.48. The second kappa shape index (κ2) is 11.1. The molecule has 3 N–H and O–H groups in total. The highest BCUT2D eigenvalue weighted by Crippen LogP contribution is 2.31. The van der Waals surface area contributed by atoms with Crippen molar-refractivity contribution in [3.05, 3.63) is 110 Å². The monoisotopic (exact) mass is 518 g/mol. The van der Waals surface area contributed by atoms with Crippen LogP contribution in [0.5, 0.6) is 5.75 Å². The van der Waals surface area contributed by atoms with Gasteiger partial charge in [0.1, 0.15) is 24.0 Å². The van der Waals surface area contributed by atoms with E-state index in [-0.39, 0.29) is 18.2 Å². The predicted molar refractivity (Wildman–Crippen MR) is 145 cm³/mol. The van der Waals surface area contributed by atoms with Gasteiger partial charge in [-0.2, -0.15) is 0 Å². The molecule has 1 atom stereocenters. The van der Waals surface area contributed by atoms with Gasteiger partial charge in [-0.05, 0) is 83.3 Å². The molecule has 0 amide bonds. The van der Waals surface area contributed by atoms with Gasteiger partial charge in [-0.25, -0.2) is 8.78 Å². The summed E-state index contributed by atoms with van der Waals surface area (Å²) < 4.78 is 32.9. The Morgan fingerprint density at radius 3 is 2.26 bits per heavy atom. The molecule has 5 rings (SSSR count). The first kappa shape index (κ1) is 26.1. The quantitative estimate of drug-likeness (QED) is 0.281. The molecule has 3 aromatic carbocycles. The lowest BCUT2D eigenvalue weighted by molar-refractivity contribution is 0.171. The van der Waals surface area contributed by atoms with Gasteiger partial charge in [0.2, 0.25) is 5.56 Å². The molecule has 1 heterocycles. The Morgan fingerprint density at radius 2 is 1.63 bits per heavy atom. The van der Waals surface area contributed by atoms with E-state index in [4.69, 9.17) is 4.74 Å². The summed E-state index contributed by atoms with van der Waals surface area (Å²) in [5.41, 5.74) is 6.70. The molecular weight excluding hydrogens is 486 g/mol. The number of aromatic amines is 1. The average molecular weight is 519 g/mol. The standard InChI is InChI=1S/C31H32F2N2O3/c1-3-19-11-21-13-25(14-22(21)12-20(19)4-2)34-16-28(36)26-5-7-29(31-27(26)6-8-30(37)35-31)38-17-18-9-23(32)15-24(33)10-18/h5-12,15,25,28,34,36H,3-4,13-14,16-17H2,1-2H3,(H,35,37)/t28-/m1/s1. The van der Waals surface area contributed by atoms with Crippen LogP contribution in [-0.2, 0) is 32.3 Å². The molecule has 0 fully saturated rings. The van der Waals surface area contributed by atoms with Gasteiger partial charge >= 0.3 is 0 Å². The molecule has 0 spiro atoms. The van der Waals surface area contributed by atoms with Gasteiger partial charge in [-0.1, -0.05) is 32.0 Å². The first-order valence-electron chi connectivity index (χ1n) is 13.1. The number of aromatic nitrogens is 1. The van der Waals surface area contributed by atoms with Crippen LogP contribution < -0.4 is 15.6 Å². The largest absolute Gasteiger partial charge is 0.487 e. The number of fused-ring (bicyclic) bond motifs is 2. The second-order valence-corrected chi connectivity index (χ2v) is 9.96. The molecule has 1 aromatic heterocycles. The van der Waals surface area contributed by atoms with Crippen molar-refractivity contribution in [2.75, 3.05) is 6.54 Å². The van der Waals surface area contributed by atoms with E-state index in [1.54, 1.807) is 18.2 Å². The first-order valence-corrected chi connectivity index (χ1v) is 13.1. The number of aryl methyl sites for hydroxylation is 2. The summed E-state index contributed by atoms with van der Waals surface area (Å²) in [6.07, 6.45) is 3.11. The predicted octanol–water partition coefficient (Wildman–Crippen LogP) is 5.30. The summed E-state index contributed by atoms with van der Waals surface area (Å²) in [4.78, 5) is 14.9. The minimum Gasteiger partial charge on any atom is -0.487 e. The van der Waals surface area contributed by atoms with E-state index in [1.165, 1.54) is 40.5 Å². The van der Waals surface area contributed by atoms with Crippen LogP contribution in [0.4, 0.5) is 8.78 Å². The summed E-state index contributed by atoms with van der Waals surface area (Å²) in [5, 5.41) is 15.3. The lowest BCUT2D eigenvalue weighted by Crippen LogP contribution is -2.33. The number of rotatable bonds is 9. The second-order valence-electron chi connectivity index (χ2n) is 9.96. The van der Waals surface area contributed by atoms with Gasteiger partial charge in [0, 0.05) is 30.1 Å². The van der Waals surface area contributed by atoms with Crippen molar-refractivity contribution in [3.63, 3.8) is 0 Å². The number of ether oxygens (including phenoxy) is 1. The van der Waals surface area contributed by atoms with E-state index in [9.17, 15) is 18.7 Å². The summed E-state index contributed by atoms with van der Waals surface area (Å²) >= 11 is 0. The fourth-order valence-electron chi connectivity index (χ4n) is 5.48. The van der Waals surface area contributed by atoms with Crippen molar-refractivity contribution < 1.29 is 18.6 Å². The number of hydrogen-bond donors (Lipinski definition) is 3.